The Morgan fingerprint density at radius 2 is 2.12 bits per heavy atom. The highest BCUT2D eigenvalue weighted by molar-refractivity contribution is 7.80. The number of hydrogen-bond donors (Lipinski definition) is 2. The lowest BCUT2D eigenvalue weighted by molar-refractivity contribution is 0.225. The molecule has 25 heavy (non-hydrogen) atoms. The summed E-state index contributed by atoms with van der Waals surface area (Å²) in [4.78, 5) is 5.19. The zero-order valence-electron chi connectivity index (χ0n) is 14.7. The van der Waals surface area contributed by atoms with Crippen LogP contribution < -0.4 is 10.6 Å². The van der Waals surface area contributed by atoms with Gasteiger partial charge < -0.3 is 10.6 Å². The number of nitrogens with one attached hydrogen (secondary N) is 2. The first kappa shape index (κ1) is 16.7. The van der Waals surface area contributed by atoms with Gasteiger partial charge in [-0.25, -0.2) is 0 Å². The summed E-state index contributed by atoms with van der Waals surface area (Å²) in [5.41, 5.74) is 3.41. The maximum absolute atomic E-state index is 5.79. The zero-order chi connectivity index (χ0) is 17.3. The normalized spacial score (nSPS) is 26.2. The van der Waals surface area contributed by atoms with Crippen molar-refractivity contribution in [2.45, 2.75) is 44.2 Å². The van der Waals surface area contributed by atoms with Crippen molar-refractivity contribution < 1.29 is 0 Å². The standard InChI is InChI=1S/C21H25N3S/c1-15-18(10-6-12-22-15)20(25)24-19(17-8-3-2-4-9-17)21-11-5-7-16(13-21)14-23-21/h2-4,6,8-10,12,16,19,23H,5,7,11,13-14H2,1H3,(H,24,25). The summed E-state index contributed by atoms with van der Waals surface area (Å²) in [6.07, 6.45) is 6.89. The van der Waals surface area contributed by atoms with Crippen molar-refractivity contribution in [2.24, 2.45) is 5.92 Å². The SMILES string of the molecule is Cc1ncccc1C(=S)NC(c1ccccc1)C12CCCC(CN1)C2. The molecule has 3 atom stereocenters. The maximum Gasteiger partial charge on any atom is 0.108 e. The number of fused-ring (bicyclic) bond motifs is 2. The van der Waals surface area contributed by atoms with Crippen LogP contribution in [-0.2, 0) is 0 Å². The Hall–Kier alpha value is -1.78. The molecule has 4 rings (SSSR count). The average Bonchev–Trinajstić information content (AvgIpc) is 2.95. The molecule has 4 heteroatoms. The predicted octanol–water partition coefficient (Wildman–Crippen LogP) is 3.93. The summed E-state index contributed by atoms with van der Waals surface area (Å²) in [6, 6.07) is 14.9. The monoisotopic (exact) mass is 351 g/mol. The van der Waals surface area contributed by atoms with Crippen LogP contribution in [0.2, 0.25) is 0 Å². The molecule has 0 radical (unpaired) electrons. The van der Waals surface area contributed by atoms with E-state index >= 15 is 0 Å². The second kappa shape index (κ2) is 6.85. The fraction of sp³-hybridized carbons (Fsp3) is 0.429. The Morgan fingerprint density at radius 1 is 1.28 bits per heavy atom. The quantitative estimate of drug-likeness (QED) is 0.819. The first-order valence-corrected chi connectivity index (χ1v) is 9.61. The van der Waals surface area contributed by atoms with Crippen LogP contribution in [-0.4, -0.2) is 22.1 Å². The molecule has 1 saturated heterocycles. The number of rotatable bonds is 4. The molecule has 2 aliphatic rings. The molecule has 1 aromatic heterocycles. The lowest BCUT2D eigenvalue weighted by Crippen LogP contribution is -2.52. The van der Waals surface area contributed by atoms with Gasteiger partial charge >= 0.3 is 0 Å². The lowest BCUT2D eigenvalue weighted by atomic mass is 9.73. The van der Waals surface area contributed by atoms with Gasteiger partial charge in [0.1, 0.15) is 4.99 Å². The van der Waals surface area contributed by atoms with Crippen LogP contribution >= 0.6 is 12.2 Å². The van der Waals surface area contributed by atoms with Gasteiger partial charge in [-0.2, -0.15) is 0 Å². The smallest absolute Gasteiger partial charge is 0.108 e. The number of pyridine rings is 1. The van der Waals surface area contributed by atoms with E-state index in [2.05, 4.69) is 52.0 Å². The van der Waals surface area contributed by atoms with Gasteiger partial charge in [0.2, 0.25) is 0 Å². The minimum absolute atomic E-state index is 0.102. The number of thiocarbonyl (C=S) groups is 1. The van der Waals surface area contributed by atoms with Gasteiger partial charge in [-0.05, 0) is 56.3 Å². The van der Waals surface area contributed by atoms with Crippen molar-refractivity contribution in [3.63, 3.8) is 0 Å². The highest BCUT2D eigenvalue weighted by Crippen LogP contribution is 2.45. The molecule has 1 aliphatic carbocycles. The summed E-state index contributed by atoms with van der Waals surface area (Å²) >= 11 is 5.79. The molecule has 0 spiro atoms. The molecule has 2 heterocycles. The lowest BCUT2D eigenvalue weighted by Gasteiger charge is -2.41. The third kappa shape index (κ3) is 3.21. The van der Waals surface area contributed by atoms with Gasteiger partial charge in [0, 0.05) is 23.0 Å². The van der Waals surface area contributed by atoms with Crippen molar-refractivity contribution in [1.29, 1.82) is 0 Å². The molecular weight excluding hydrogens is 326 g/mol. The van der Waals surface area contributed by atoms with Gasteiger partial charge in [-0.3, -0.25) is 4.98 Å². The van der Waals surface area contributed by atoms with Gasteiger partial charge in [-0.15, -0.1) is 0 Å². The minimum Gasteiger partial charge on any atom is -0.367 e. The van der Waals surface area contributed by atoms with E-state index in [1.807, 2.05) is 19.2 Å². The van der Waals surface area contributed by atoms with Gasteiger partial charge in [0.15, 0.2) is 0 Å². The number of nitrogens with zero attached hydrogens (tertiary/aromatic N) is 1. The highest BCUT2D eigenvalue weighted by Gasteiger charge is 2.47. The van der Waals surface area contributed by atoms with Crippen LogP contribution in [0.15, 0.2) is 48.7 Å². The van der Waals surface area contributed by atoms with Gasteiger partial charge in [0.25, 0.3) is 0 Å². The maximum atomic E-state index is 5.79. The van der Waals surface area contributed by atoms with E-state index in [1.54, 1.807) is 0 Å². The largest absolute Gasteiger partial charge is 0.367 e. The molecule has 1 aromatic carbocycles. The Balaban J connectivity index is 1.67. The van der Waals surface area contributed by atoms with E-state index in [0.29, 0.717) is 0 Å². The van der Waals surface area contributed by atoms with Crippen molar-refractivity contribution >= 4 is 17.2 Å². The molecule has 3 nitrogen and oxygen atoms in total. The molecule has 1 aliphatic heterocycles. The van der Waals surface area contributed by atoms with Crippen molar-refractivity contribution in [3.8, 4) is 0 Å². The Kier molecular flexibility index (Phi) is 4.57. The van der Waals surface area contributed by atoms with Crippen LogP contribution in [0, 0.1) is 12.8 Å². The fourth-order valence-electron chi connectivity index (χ4n) is 4.59. The van der Waals surface area contributed by atoms with E-state index in [9.17, 15) is 0 Å². The van der Waals surface area contributed by atoms with Crippen molar-refractivity contribution in [1.82, 2.24) is 15.6 Å². The topological polar surface area (TPSA) is 37.0 Å². The average molecular weight is 352 g/mol. The summed E-state index contributed by atoms with van der Waals surface area (Å²) in [5, 5.41) is 7.57. The number of aryl methyl sites for hydroxylation is 1. The van der Waals surface area contributed by atoms with Crippen LogP contribution in [0.4, 0.5) is 0 Å². The third-order valence-corrected chi connectivity index (χ3v) is 6.18. The zero-order valence-corrected chi connectivity index (χ0v) is 15.5. The minimum atomic E-state index is 0.102. The van der Waals surface area contributed by atoms with Crippen LogP contribution in [0.5, 0.6) is 0 Å². The molecule has 3 unspecified atom stereocenters. The highest BCUT2D eigenvalue weighted by atomic mass is 32.1. The van der Waals surface area contributed by atoms with Crippen LogP contribution in [0.1, 0.15) is 48.5 Å². The van der Waals surface area contributed by atoms with E-state index in [4.69, 9.17) is 12.2 Å². The number of hydrogen-bond acceptors (Lipinski definition) is 3. The Labute approximate surface area is 155 Å². The molecule has 1 saturated carbocycles. The second-order valence-corrected chi connectivity index (χ2v) is 7.86. The Morgan fingerprint density at radius 3 is 2.92 bits per heavy atom. The molecule has 2 N–H and O–H groups in total. The fourth-order valence-corrected chi connectivity index (χ4v) is 4.92. The summed E-state index contributed by atoms with van der Waals surface area (Å²) in [7, 11) is 0. The number of aromatic nitrogens is 1. The Bertz CT molecular complexity index is 757. The molecule has 2 aromatic rings. The van der Waals surface area contributed by atoms with E-state index in [0.717, 1.165) is 28.7 Å². The summed E-state index contributed by atoms with van der Waals surface area (Å²) in [5.74, 6) is 0.801. The van der Waals surface area contributed by atoms with Gasteiger partial charge in [0.05, 0.1) is 6.04 Å². The molecule has 0 amide bonds. The first-order chi connectivity index (χ1) is 12.2. The van der Waals surface area contributed by atoms with Crippen molar-refractivity contribution in [3.05, 3.63) is 65.5 Å². The molecule has 130 valence electrons. The van der Waals surface area contributed by atoms with E-state index in [1.165, 1.54) is 31.2 Å². The number of benzene rings is 1. The molecule has 2 fully saturated rings. The summed E-state index contributed by atoms with van der Waals surface area (Å²) < 4.78 is 0. The van der Waals surface area contributed by atoms with Crippen molar-refractivity contribution in [2.75, 3.05) is 6.54 Å². The van der Waals surface area contributed by atoms with Crippen LogP contribution in [0.25, 0.3) is 0 Å². The van der Waals surface area contributed by atoms with E-state index < -0.39 is 0 Å². The van der Waals surface area contributed by atoms with Gasteiger partial charge in [-0.1, -0.05) is 49.0 Å². The first-order valence-electron chi connectivity index (χ1n) is 9.20. The molecular formula is C21H25N3S. The second-order valence-electron chi connectivity index (χ2n) is 7.45. The third-order valence-electron chi connectivity index (χ3n) is 5.84. The molecule has 2 bridgehead atoms. The van der Waals surface area contributed by atoms with Crippen LogP contribution in [0.3, 0.4) is 0 Å². The van der Waals surface area contributed by atoms with E-state index in [-0.39, 0.29) is 11.6 Å². The predicted molar refractivity (Wildman–Crippen MR) is 106 cm³/mol. The summed E-state index contributed by atoms with van der Waals surface area (Å²) in [6.45, 7) is 3.15.